The van der Waals surface area contributed by atoms with E-state index in [1.807, 2.05) is 30.3 Å². The van der Waals surface area contributed by atoms with Crippen LogP contribution in [0.5, 0.6) is 0 Å². The van der Waals surface area contributed by atoms with Gasteiger partial charge in [-0.15, -0.1) is 0 Å². The van der Waals surface area contributed by atoms with Gasteiger partial charge in [0.05, 0.1) is 11.0 Å². The lowest BCUT2D eigenvalue weighted by Crippen LogP contribution is -2.47. The van der Waals surface area contributed by atoms with Crippen molar-refractivity contribution in [3.8, 4) is 0 Å². The van der Waals surface area contributed by atoms with Crippen LogP contribution < -0.4 is 4.90 Å². The first-order chi connectivity index (χ1) is 11.6. The Bertz CT molecular complexity index is 668. The van der Waals surface area contributed by atoms with E-state index in [1.165, 1.54) is 0 Å². The first-order valence-corrected chi connectivity index (χ1v) is 8.08. The molecule has 1 atom stereocenters. The number of nitrogens with zero attached hydrogens (tertiary/aromatic N) is 3. The van der Waals surface area contributed by atoms with Crippen LogP contribution >= 0.6 is 0 Å². The molecule has 0 unspecified atom stereocenters. The van der Waals surface area contributed by atoms with Gasteiger partial charge in [0, 0.05) is 50.5 Å². The highest BCUT2D eigenvalue weighted by Crippen LogP contribution is 2.21. The lowest BCUT2D eigenvalue weighted by atomic mass is 10.1. The molecule has 2 aromatic rings. The van der Waals surface area contributed by atoms with E-state index in [9.17, 15) is 15.2 Å². The summed E-state index contributed by atoms with van der Waals surface area (Å²) in [6.45, 7) is 4.04. The molecule has 3 rings (SSSR count). The minimum atomic E-state index is -0.475. The zero-order chi connectivity index (χ0) is 16.9. The second-order valence-corrected chi connectivity index (χ2v) is 5.99. The van der Waals surface area contributed by atoms with E-state index in [2.05, 4.69) is 9.80 Å². The summed E-state index contributed by atoms with van der Waals surface area (Å²) in [5.41, 5.74) is 2.06. The Morgan fingerprint density at radius 1 is 1.00 bits per heavy atom. The maximum atomic E-state index is 10.7. The molecule has 1 N–H and O–H groups in total. The number of piperazine rings is 1. The second-order valence-electron chi connectivity index (χ2n) is 5.99. The number of hydrogen-bond acceptors (Lipinski definition) is 5. The Kier molecular flexibility index (Phi) is 5.08. The molecular weight excluding hydrogens is 306 g/mol. The van der Waals surface area contributed by atoms with Crippen molar-refractivity contribution in [3.05, 3.63) is 70.3 Å². The minimum absolute atomic E-state index is 0.114. The molecule has 6 heteroatoms. The van der Waals surface area contributed by atoms with Crippen molar-refractivity contribution < 1.29 is 10.0 Å². The number of aliphatic hydroxyl groups is 1. The van der Waals surface area contributed by atoms with E-state index in [0.29, 0.717) is 6.54 Å². The normalized spacial score (nSPS) is 16.8. The Morgan fingerprint density at radius 3 is 2.21 bits per heavy atom. The minimum Gasteiger partial charge on any atom is -0.387 e. The third kappa shape index (κ3) is 3.90. The average molecular weight is 327 g/mol. The van der Waals surface area contributed by atoms with Gasteiger partial charge in [0.25, 0.3) is 5.69 Å². The molecular formula is C18H21N3O3. The number of rotatable bonds is 5. The second kappa shape index (κ2) is 7.42. The standard InChI is InChI=1S/C18H21N3O3/c22-18(15-4-2-1-3-5-15)14-19-10-12-20(13-11-19)16-6-8-17(9-7-16)21(23)24/h1-9,18,22H,10-14H2/t18-/m1/s1. The van der Waals surface area contributed by atoms with Crippen molar-refractivity contribution >= 4 is 11.4 Å². The molecule has 126 valence electrons. The molecule has 0 bridgehead atoms. The molecule has 24 heavy (non-hydrogen) atoms. The number of aliphatic hydroxyl groups excluding tert-OH is 1. The quantitative estimate of drug-likeness (QED) is 0.675. The fraction of sp³-hybridized carbons (Fsp3) is 0.333. The van der Waals surface area contributed by atoms with Crippen LogP contribution in [0.4, 0.5) is 11.4 Å². The Hall–Kier alpha value is -2.44. The highest BCUT2D eigenvalue weighted by molar-refractivity contribution is 5.51. The smallest absolute Gasteiger partial charge is 0.269 e. The monoisotopic (exact) mass is 327 g/mol. The van der Waals surface area contributed by atoms with E-state index in [0.717, 1.165) is 37.4 Å². The molecule has 0 amide bonds. The van der Waals surface area contributed by atoms with Crippen molar-refractivity contribution in [2.45, 2.75) is 6.10 Å². The van der Waals surface area contributed by atoms with Crippen molar-refractivity contribution in [3.63, 3.8) is 0 Å². The van der Waals surface area contributed by atoms with Gasteiger partial charge in [0.15, 0.2) is 0 Å². The topological polar surface area (TPSA) is 69.9 Å². The number of nitro groups is 1. The molecule has 0 spiro atoms. The van der Waals surface area contributed by atoms with Gasteiger partial charge in [-0.25, -0.2) is 0 Å². The molecule has 0 aromatic heterocycles. The van der Waals surface area contributed by atoms with Gasteiger partial charge < -0.3 is 10.0 Å². The van der Waals surface area contributed by atoms with Gasteiger partial charge in [-0.2, -0.15) is 0 Å². The number of nitro benzene ring substituents is 1. The van der Waals surface area contributed by atoms with Crippen LogP contribution in [0.15, 0.2) is 54.6 Å². The summed E-state index contributed by atoms with van der Waals surface area (Å²) in [6, 6.07) is 16.4. The maximum Gasteiger partial charge on any atom is 0.269 e. The summed E-state index contributed by atoms with van der Waals surface area (Å²) < 4.78 is 0. The Morgan fingerprint density at radius 2 is 1.62 bits per heavy atom. The van der Waals surface area contributed by atoms with Crippen LogP contribution in [0.3, 0.4) is 0 Å². The van der Waals surface area contributed by atoms with E-state index in [-0.39, 0.29) is 10.6 Å². The highest BCUT2D eigenvalue weighted by atomic mass is 16.6. The van der Waals surface area contributed by atoms with Gasteiger partial charge >= 0.3 is 0 Å². The van der Waals surface area contributed by atoms with Gasteiger partial charge in [-0.1, -0.05) is 30.3 Å². The number of anilines is 1. The maximum absolute atomic E-state index is 10.7. The van der Waals surface area contributed by atoms with E-state index in [1.54, 1.807) is 24.3 Å². The van der Waals surface area contributed by atoms with Crippen LogP contribution in [0.1, 0.15) is 11.7 Å². The number of benzene rings is 2. The van der Waals surface area contributed by atoms with Crippen molar-refractivity contribution in [1.82, 2.24) is 4.90 Å². The van der Waals surface area contributed by atoms with Crippen molar-refractivity contribution in [2.24, 2.45) is 0 Å². The summed E-state index contributed by atoms with van der Waals surface area (Å²) in [5.74, 6) is 0. The molecule has 0 saturated carbocycles. The van der Waals surface area contributed by atoms with Crippen LogP contribution in [-0.4, -0.2) is 47.7 Å². The molecule has 1 aliphatic rings. The molecule has 1 saturated heterocycles. The van der Waals surface area contributed by atoms with Crippen LogP contribution in [-0.2, 0) is 0 Å². The lowest BCUT2D eigenvalue weighted by molar-refractivity contribution is -0.384. The Balaban J connectivity index is 1.53. The summed E-state index contributed by atoms with van der Waals surface area (Å²) in [6.07, 6.45) is -0.475. The van der Waals surface area contributed by atoms with E-state index >= 15 is 0 Å². The van der Waals surface area contributed by atoms with Crippen molar-refractivity contribution in [2.75, 3.05) is 37.6 Å². The summed E-state index contributed by atoms with van der Waals surface area (Å²) >= 11 is 0. The zero-order valence-electron chi connectivity index (χ0n) is 13.4. The molecule has 0 radical (unpaired) electrons. The van der Waals surface area contributed by atoms with Crippen LogP contribution in [0, 0.1) is 10.1 Å². The molecule has 1 heterocycles. The average Bonchev–Trinajstić information content (AvgIpc) is 2.63. The molecule has 6 nitrogen and oxygen atoms in total. The highest BCUT2D eigenvalue weighted by Gasteiger charge is 2.20. The number of hydrogen-bond donors (Lipinski definition) is 1. The fourth-order valence-corrected chi connectivity index (χ4v) is 3.00. The van der Waals surface area contributed by atoms with Crippen LogP contribution in [0.25, 0.3) is 0 Å². The van der Waals surface area contributed by atoms with Gasteiger partial charge in [0.1, 0.15) is 0 Å². The SMILES string of the molecule is O=[N+]([O-])c1ccc(N2CCN(C[C@@H](O)c3ccccc3)CC2)cc1. The van der Waals surface area contributed by atoms with E-state index < -0.39 is 6.10 Å². The molecule has 0 aliphatic carbocycles. The number of β-amino-alcohol motifs (C(OH)–C–C–N with tert-alkyl or cyclic N) is 1. The third-order valence-electron chi connectivity index (χ3n) is 4.41. The fourth-order valence-electron chi connectivity index (χ4n) is 3.00. The largest absolute Gasteiger partial charge is 0.387 e. The molecule has 2 aromatic carbocycles. The molecule has 1 fully saturated rings. The summed E-state index contributed by atoms with van der Waals surface area (Å²) in [5, 5.41) is 21.0. The summed E-state index contributed by atoms with van der Waals surface area (Å²) in [4.78, 5) is 14.8. The molecule has 1 aliphatic heterocycles. The van der Waals surface area contributed by atoms with Crippen LogP contribution in [0.2, 0.25) is 0 Å². The van der Waals surface area contributed by atoms with Gasteiger partial charge in [0.2, 0.25) is 0 Å². The predicted molar refractivity (Wildman–Crippen MR) is 93.2 cm³/mol. The number of non-ortho nitro benzene ring substituents is 1. The zero-order valence-corrected chi connectivity index (χ0v) is 13.4. The summed E-state index contributed by atoms with van der Waals surface area (Å²) in [7, 11) is 0. The lowest BCUT2D eigenvalue weighted by Gasteiger charge is -2.36. The van der Waals surface area contributed by atoms with Crippen molar-refractivity contribution in [1.29, 1.82) is 0 Å². The first kappa shape index (κ1) is 16.4. The van der Waals surface area contributed by atoms with E-state index in [4.69, 9.17) is 0 Å². The van der Waals surface area contributed by atoms with Gasteiger partial charge in [-0.3, -0.25) is 15.0 Å². The van der Waals surface area contributed by atoms with Gasteiger partial charge in [-0.05, 0) is 17.7 Å². The Labute approximate surface area is 141 Å². The first-order valence-electron chi connectivity index (χ1n) is 8.08. The predicted octanol–water partition coefficient (Wildman–Crippen LogP) is 2.45. The third-order valence-corrected chi connectivity index (χ3v) is 4.41.